The molecule has 2 aromatic heterocycles. The van der Waals surface area contributed by atoms with Crippen LogP contribution in [0.15, 0.2) is 41.3 Å². The highest BCUT2D eigenvalue weighted by Crippen LogP contribution is 2.55. The Hall–Kier alpha value is -2.55. The second-order valence-corrected chi connectivity index (χ2v) is 8.22. The summed E-state index contributed by atoms with van der Waals surface area (Å²) in [5.74, 6) is -1.57. The van der Waals surface area contributed by atoms with Gasteiger partial charge in [-0.15, -0.1) is 13.2 Å². The zero-order valence-electron chi connectivity index (χ0n) is 16.7. The summed E-state index contributed by atoms with van der Waals surface area (Å²) in [4.78, 5) is 3.90. The molecule has 0 aliphatic heterocycles. The molecule has 0 bridgehead atoms. The van der Waals surface area contributed by atoms with Gasteiger partial charge in [0, 0.05) is 33.6 Å². The van der Waals surface area contributed by atoms with E-state index in [1.807, 2.05) is 0 Å². The van der Waals surface area contributed by atoms with Crippen molar-refractivity contribution in [3.8, 4) is 22.6 Å². The van der Waals surface area contributed by atoms with E-state index >= 15 is 0 Å². The summed E-state index contributed by atoms with van der Waals surface area (Å²) in [6, 6.07) is 1.27. The van der Waals surface area contributed by atoms with Gasteiger partial charge >= 0.3 is 24.4 Å². The Balaban J connectivity index is 2.23. The molecule has 0 fully saturated rings. The lowest BCUT2D eigenvalue weighted by Crippen LogP contribution is -2.50. The number of hydrogen-bond donors (Lipinski definition) is 0. The lowest BCUT2D eigenvalue weighted by atomic mass is 9.93. The second kappa shape index (κ2) is 8.84. The fraction of sp³-hybridized carbons (Fsp3) is 0.263. The summed E-state index contributed by atoms with van der Waals surface area (Å²) >= 11 is 8.45. The van der Waals surface area contributed by atoms with E-state index in [-0.39, 0.29) is 22.8 Å². The van der Waals surface area contributed by atoms with Crippen molar-refractivity contribution in [2.45, 2.75) is 31.3 Å². The summed E-state index contributed by atoms with van der Waals surface area (Å²) in [5, 5.41) is 3.97. The first-order valence-corrected chi connectivity index (χ1v) is 10.1. The van der Waals surface area contributed by atoms with E-state index in [1.165, 1.54) is 6.20 Å². The molecule has 16 heteroatoms. The van der Waals surface area contributed by atoms with Crippen LogP contribution in [0.3, 0.4) is 0 Å². The summed E-state index contributed by atoms with van der Waals surface area (Å²) in [6.07, 6.45) is -15.1. The fourth-order valence-corrected chi connectivity index (χ4v) is 3.72. The molecule has 0 radical (unpaired) electrons. The van der Waals surface area contributed by atoms with Crippen molar-refractivity contribution in [3.05, 3.63) is 57.5 Å². The molecule has 190 valence electrons. The molecule has 0 unspecified atom stereocenters. The maximum absolute atomic E-state index is 14.5. The van der Waals surface area contributed by atoms with Gasteiger partial charge < -0.3 is 4.74 Å². The lowest BCUT2D eigenvalue weighted by molar-refractivity contribution is -0.348. The molecule has 0 amide bonds. The number of hydrogen-bond acceptors (Lipinski definition) is 3. The van der Waals surface area contributed by atoms with Crippen LogP contribution in [0.25, 0.3) is 16.8 Å². The van der Waals surface area contributed by atoms with Gasteiger partial charge in [0.05, 0.1) is 6.20 Å². The van der Waals surface area contributed by atoms with Crippen LogP contribution in [0.4, 0.5) is 43.9 Å². The minimum Gasteiger partial charge on any atom is -0.403 e. The summed E-state index contributed by atoms with van der Waals surface area (Å²) < 4.78 is 136. The average Bonchev–Trinajstić information content (AvgIpc) is 3.15. The zero-order chi connectivity index (χ0) is 26.6. The molecule has 0 N–H and O–H groups in total. The van der Waals surface area contributed by atoms with Crippen LogP contribution in [0.2, 0.25) is 5.15 Å². The van der Waals surface area contributed by atoms with Gasteiger partial charge in [-0.1, -0.05) is 11.6 Å². The number of halogens is 12. The molecule has 0 aliphatic carbocycles. The molecule has 0 saturated heterocycles. The summed E-state index contributed by atoms with van der Waals surface area (Å²) in [7, 11) is 0. The van der Waals surface area contributed by atoms with Crippen LogP contribution >= 0.6 is 27.5 Å². The van der Waals surface area contributed by atoms with Crippen molar-refractivity contribution in [3.63, 3.8) is 0 Å². The molecule has 0 atom stereocenters. The quantitative estimate of drug-likeness (QED) is 0.226. The smallest absolute Gasteiger partial charge is 0.403 e. The van der Waals surface area contributed by atoms with Gasteiger partial charge in [-0.2, -0.15) is 31.4 Å². The first-order valence-electron chi connectivity index (χ1n) is 8.95. The first kappa shape index (κ1) is 27.0. The Kier molecular flexibility index (Phi) is 6.83. The Bertz CT molecular complexity index is 1240. The van der Waals surface area contributed by atoms with Gasteiger partial charge in [-0.25, -0.2) is 14.1 Å². The van der Waals surface area contributed by atoms with Gasteiger partial charge in [0.25, 0.3) is 0 Å². The molecule has 3 aromatic rings. The Morgan fingerprint density at radius 2 is 1.49 bits per heavy atom. The van der Waals surface area contributed by atoms with E-state index in [0.717, 1.165) is 12.4 Å². The third kappa shape index (κ3) is 5.20. The molecule has 3 rings (SSSR count). The monoisotopic (exact) mass is 599 g/mol. The van der Waals surface area contributed by atoms with Gasteiger partial charge in [-0.05, 0) is 46.6 Å². The Morgan fingerprint density at radius 3 is 2.00 bits per heavy atom. The van der Waals surface area contributed by atoms with Crippen LogP contribution in [-0.4, -0.2) is 33.5 Å². The van der Waals surface area contributed by atoms with E-state index in [9.17, 15) is 43.9 Å². The number of pyridine rings is 1. The van der Waals surface area contributed by atoms with Crippen molar-refractivity contribution in [2.75, 3.05) is 0 Å². The number of aryl methyl sites for hydroxylation is 1. The topological polar surface area (TPSA) is 39.9 Å². The minimum absolute atomic E-state index is 0.0505. The lowest BCUT2D eigenvalue weighted by Gasteiger charge is -2.31. The summed E-state index contributed by atoms with van der Waals surface area (Å²) in [6.45, 7) is 1.61. The molecule has 0 saturated carbocycles. The van der Waals surface area contributed by atoms with E-state index in [1.54, 1.807) is 13.0 Å². The van der Waals surface area contributed by atoms with Crippen molar-refractivity contribution in [1.29, 1.82) is 0 Å². The van der Waals surface area contributed by atoms with Gasteiger partial charge in [0.15, 0.2) is 5.75 Å². The highest BCUT2D eigenvalue weighted by Gasteiger charge is 2.73. The number of rotatable bonds is 4. The second-order valence-electron chi connectivity index (χ2n) is 7.01. The number of benzene rings is 1. The molecule has 4 nitrogen and oxygen atoms in total. The molecule has 35 heavy (non-hydrogen) atoms. The van der Waals surface area contributed by atoms with Gasteiger partial charge in [-0.3, -0.25) is 0 Å². The standard InChI is InChI=1S/C19H9BrClF10N3O/c1-8-2-9(5-32-15(8)21)10-6-33-34(7-10)14-12(20)3-11(4-13(14)35-19(29,30)31)16(22,17(23,24)25)18(26,27)28/h2-7H,1H3. The van der Waals surface area contributed by atoms with Crippen LogP contribution < -0.4 is 4.74 Å². The van der Waals surface area contributed by atoms with E-state index < -0.39 is 45.9 Å². The Labute approximate surface area is 202 Å². The van der Waals surface area contributed by atoms with Crippen LogP contribution in [0, 0.1) is 6.92 Å². The summed E-state index contributed by atoms with van der Waals surface area (Å²) in [5.41, 5.74) is -7.76. The molecule has 2 heterocycles. The highest BCUT2D eigenvalue weighted by atomic mass is 79.9. The zero-order valence-corrected chi connectivity index (χ0v) is 19.1. The van der Waals surface area contributed by atoms with Crippen LogP contribution in [0.1, 0.15) is 11.1 Å². The maximum atomic E-state index is 14.5. The van der Waals surface area contributed by atoms with E-state index in [4.69, 9.17) is 11.6 Å². The SMILES string of the molecule is Cc1cc(-c2cnn(-c3c(Br)cc(C(F)(C(F)(F)F)C(F)(F)F)cc3OC(F)(F)F)c2)cnc1Cl. The Morgan fingerprint density at radius 1 is 0.886 bits per heavy atom. The van der Waals surface area contributed by atoms with Crippen molar-refractivity contribution in [1.82, 2.24) is 14.8 Å². The molecule has 1 aromatic carbocycles. The highest BCUT2D eigenvalue weighted by molar-refractivity contribution is 9.10. The largest absolute Gasteiger partial charge is 0.573 e. The molecule has 0 spiro atoms. The predicted octanol–water partition coefficient (Wildman–Crippen LogP) is 7.85. The van der Waals surface area contributed by atoms with E-state index in [2.05, 4.69) is 30.7 Å². The van der Waals surface area contributed by atoms with E-state index in [0.29, 0.717) is 15.8 Å². The number of aromatic nitrogens is 3. The maximum Gasteiger partial charge on any atom is 0.573 e. The number of nitrogens with zero attached hydrogens (tertiary/aromatic N) is 3. The fourth-order valence-electron chi connectivity index (χ4n) is 3.00. The minimum atomic E-state index is -6.56. The van der Waals surface area contributed by atoms with Crippen molar-refractivity contribution < 1.29 is 48.6 Å². The first-order chi connectivity index (χ1) is 15.8. The third-order valence-electron chi connectivity index (χ3n) is 4.59. The average molecular weight is 601 g/mol. The normalized spacial score (nSPS) is 13.3. The third-order valence-corrected chi connectivity index (χ3v) is 5.59. The van der Waals surface area contributed by atoms with Gasteiger partial charge in [0.2, 0.25) is 0 Å². The number of alkyl halides is 10. The van der Waals surface area contributed by atoms with Crippen LogP contribution in [-0.2, 0) is 5.67 Å². The van der Waals surface area contributed by atoms with Crippen molar-refractivity contribution >= 4 is 27.5 Å². The van der Waals surface area contributed by atoms with Crippen LogP contribution in [0.5, 0.6) is 5.75 Å². The number of ether oxygens (including phenoxy) is 1. The van der Waals surface area contributed by atoms with Gasteiger partial charge in [0.1, 0.15) is 10.8 Å². The predicted molar refractivity (Wildman–Crippen MR) is 106 cm³/mol. The molecular formula is C19H9BrClF10N3O. The molecular weight excluding hydrogens is 592 g/mol. The van der Waals surface area contributed by atoms with Crippen molar-refractivity contribution in [2.24, 2.45) is 0 Å². The molecule has 0 aliphatic rings.